The number of ketones is 1. The van der Waals surface area contributed by atoms with Gasteiger partial charge < -0.3 is 14.8 Å². The van der Waals surface area contributed by atoms with Gasteiger partial charge in [-0.2, -0.15) is 0 Å². The van der Waals surface area contributed by atoms with Crippen molar-refractivity contribution in [2.75, 3.05) is 0 Å². The van der Waals surface area contributed by atoms with Crippen molar-refractivity contribution in [3.63, 3.8) is 0 Å². The van der Waals surface area contributed by atoms with Gasteiger partial charge in [-0.15, -0.1) is 0 Å². The molecule has 1 aromatic heterocycles. The number of carboxylic acid groups (broad SMARTS) is 2. The third-order valence-corrected chi connectivity index (χ3v) is 2.89. The van der Waals surface area contributed by atoms with E-state index >= 15 is 0 Å². The van der Waals surface area contributed by atoms with Gasteiger partial charge in [0.15, 0.2) is 5.78 Å². The average Bonchev–Trinajstić information content (AvgIpc) is 2.80. The van der Waals surface area contributed by atoms with E-state index < -0.39 is 17.7 Å². The Morgan fingerprint density at radius 2 is 1.60 bits per heavy atom. The summed E-state index contributed by atoms with van der Waals surface area (Å²) in [6.45, 7) is 0. The molecule has 20 heavy (non-hydrogen) atoms. The minimum Gasteiger partial charge on any atom is -0.478 e. The zero-order valence-corrected chi connectivity index (χ0v) is 10.5. The second-order valence-electron chi connectivity index (χ2n) is 4.21. The normalized spacial score (nSPS) is 10.2. The summed E-state index contributed by atoms with van der Waals surface area (Å²) in [4.78, 5) is 34.3. The number of rotatable bonds is 4. The number of aryl methyl sites for hydroxylation is 1. The molecule has 0 unspecified atom stereocenters. The first kappa shape index (κ1) is 13.5. The van der Waals surface area contributed by atoms with Crippen molar-refractivity contribution in [3.8, 4) is 0 Å². The van der Waals surface area contributed by atoms with Crippen molar-refractivity contribution in [2.45, 2.75) is 0 Å². The highest BCUT2D eigenvalue weighted by atomic mass is 16.4. The Kier molecular flexibility index (Phi) is 3.39. The maximum absolute atomic E-state index is 12.3. The van der Waals surface area contributed by atoms with Crippen LogP contribution in [-0.4, -0.2) is 32.5 Å². The highest BCUT2D eigenvalue weighted by molar-refractivity contribution is 6.14. The van der Waals surface area contributed by atoms with Gasteiger partial charge in [-0.25, -0.2) is 9.59 Å². The van der Waals surface area contributed by atoms with E-state index in [1.165, 1.54) is 42.1 Å². The standard InChI is InChI=1S/C14H11NO5/c1-15-7-8(6-11(15)14(19)20)12(16)9-4-2-3-5-10(9)13(17)18/h2-7H,1H3,(H,17,18)(H,19,20). The van der Waals surface area contributed by atoms with Crippen LogP contribution in [0.1, 0.15) is 36.8 Å². The van der Waals surface area contributed by atoms with Crippen LogP contribution < -0.4 is 0 Å². The van der Waals surface area contributed by atoms with Crippen molar-refractivity contribution in [1.29, 1.82) is 0 Å². The molecule has 0 radical (unpaired) electrons. The number of hydrogen-bond acceptors (Lipinski definition) is 3. The van der Waals surface area contributed by atoms with Crippen LogP contribution in [0.5, 0.6) is 0 Å². The molecule has 0 aliphatic carbocycles. The Bertz CT molecular complexity index is 714. The molecular formula is C14H11NO5. The summed E-state index contributed by atoms with van der Waals surface area (Å²) in [6, 6.07) is 7.04. The minimum absolute atomic E-state index is 0.0301. The molecule has 0 aliphatic heterocycles. The number of carbonyl (C=O) groups excluding carboxylic acids is 1. The number of aromatic nitrogens is 1. The number of carboxylic acids is 2. The predicted octanol–water partition coefficient (Wildman–Crippen LogP) is 1.65. The van der Waals surface area contributed by atoms with Crippen molar-refractivity contribution in [1.82, 2.24) is 4.57 Å². The highest BCUT2D eigenvalue weighted by Crippen LogP contribution is 2.17. The molecule has 0 bridgehead atoms. The van der Waals surface area contributed by atoms with Gasteiger partial charge in [0.1, 0.15) is 5.69 Å². The number of benzene rings is 1. The van der Waals surface area contributed by atoms with E-state index in [0.717, 1.165) is 0 Å². The fourth-order valence-corrected chi connectivity index (χ4v) is 1.92. The van der Waals surface area contributed by atoms with Gasteiger partial charge in [0, 0.05) is 24.4 Å². The van der Waals surface area contributed by atoms with E-state index in [0.29, 0.717) is 0 Å². The van der Waals surface area contributed by atoms with Crippen molar-refractivity contribution < 1.29 is 24.6 Å². The van der Waals surface area contributed by atoms with Gasteiger partial charge in [-0.1, -0.05) is 18.2 Å². The summed E-state index contributed by atoms with van der Waals surface area (Å²) in [5.74, 6) is -2.88. The monoisotopic (exact) mass is 273 g/mol. The molecule has 0 saturated heterocycles. The fraction of sp³-hybridized carbons (Fsp3) is 0.0714. The predicted molar refractivity (Wildman–Crippen MR) is 69.2 cm³/mol. The molecule has 0 aliphatic rings. The van der Waals surface area contributed by atoms with Crippen LogP contribution in [0.4, 0.5) is 0 Å². The molecule has 6 heteroatoms. The smallest absolute Gasteiger partial charge is 0.352 e. The molecule has 2 N–H and O–H groups in total. The molecule has 102 valence electrons. The molecule has 6 nitrogen and oxygen atoms in total. The Balaban J connectivity index is 2.50. The highest BCUT2D eigenvalue weighted by Gasteiger charge is 2.20. The van der Waals surface area contributed by atoms with Crippen LogP contribution in [-0.2, 0) is 7.05 Å². The Labute approximate surface area is 113 Å². The Morgan fingerprint density at radius 3 is 2.10 bits per heavy atom. The lowest BCUT2D eigenvalue weighted by Crippen LogP contribution is -2.08. The van der Waals surface area contributed by atoms with Gasteiger partial charge in [0.05, 0.1) is 5.56 Å². The number of nitrogens with zero attached hydrogens (tertiary/aromatic N) is 1. The second kappa shape index (κ2) is 5.00. The molecular weight excluding hydrogens is 262 g/mol. The average molecular weight is 273 g/mol. The van der Waals surface area contributed by atoms with Gasteiger partial charge in [0.2, 0.25) is 0 Å². The van der Waals surface area contributed by atoms with Gasteiger partial charge in [0.25, 0.3) is 0 Å². The summed E-state index contributed by atoms with van der Waals surface area (Å²) < 4.78 is 1.30. The first-order valence-electron chi connectivity index (χ1n) is 5.68. The number of carbonyl (C=O) groups is 3. The Morgan fingerprint density at radius 1 is 1.00 bits per heavy atom. The molecule has 2 rings (SSSR count). The lowest BCUT2D eigenvalue weighted by Gasteiger charge is -2.03. The fourth-order valence-electron chi connectivity index (χ4n) is 1.92. The molecule has 1 aromatic carbocycles. The van der Waals surface area contributed by atoms with Crippen LogP contribution in [0.25, 0.3) is 0 Å². The molecule has 1 heterocycles. The molecule has 0 saturated carbocycles. The third-order valence-electron chi connectivity index (χ3n) is 2.89. The molecule has 0 fully saturated rings. The van der Waals surface area contributed by atoms with Crippen molar-refractivity contribution in [3.05, 3.63) is 58.9 Å². The summed E-state index contributed by atoms with van der Waals surface area (Å²) in [5, 5.41) is 18.0. The SMILES string of the molecule is Cn1cc(C(=O)c2ccccc2C(=O)O)cc1C(=O)O. The molecule has 2 aromatic rings. The van der Waals surface area contributed by atoms with Crippen LogP contribution in [0.15, 0.2) is 36.5 Å². The van der Waals surface area contributed by atoms with Crippen LogP contribution in [0.2, 0.25) is 0 Å². The third kappa shape index (κ3) is 2.31. The van der Waals surface area contributed by atoms with E-state index in [2.05, 4.69) is 0 Å². The first-order valence-corrected chi connectivity index (χ1v) is 5.68. The Hall–Kier alpha value is -2.89. The quantitative estimate of drug-likeness (QED) is 0.825. The van der Waals surface area contributed by atoms with Crippen LogP contribution in [0, 0.1) is 0 Å². The van der Waals surface area contributed by atoms with Crippen molar-refractivity contribution in [2.24, 2.45) is 7.05 Å². The number of hydrogen-bond donors (Lipinski definition) is 2. The molecule has 0 amide bonds. The van der Waals surface area contributed by atoms with Gasteiger partial charge in [-0.3, -0.25) is 4.79 Å². The minimum atomic E-state index is -1.21. The summed E-state index contributed by atoms with van der Waals surface area (Å²) >= 11 is 0. The lowest BCUT2D eigenvalue weighted by atomic mass is 10.00. The zero-order chi connectivity index (χ0) is 14.9. The topological polar surface area (TPSA) is 96.6 Å². The van der Waals surface area contributed by atoms with Crippen LogP contribution >= 0.6 is 0 Å². The van der Waals surface area contributed by atoms with Gasteiger partial charge in [-0.05, 0) is 12.1 Å². The van der Waals surface area contributed by atoms with E-state index in [-0.39, 0.29) is 22.4 Å². The lowest BCUT2D eigenvalue weighted by molar-refractivity contribution is 0.0679. The van der Waals surface area contributed by atoms with Crippen LogP contribution in [0.3, 0.4) is 0 Å². The maximum Gasteiger partial charge on any atom is 0.352 e. The second-order valence-corrected chi connectivity index (χ2v) is 4.21. The maximum atomic E-state index is 12.3. The van der Waals surface area contributed by atoms with Gasteiger partial charge >= 0.3 is 11.9 Å². The molecule has 0 spiro atoms. The summed E-state index contributed by atoms with van der Waals surface area (Å²) in [7, 11) is 1.50. The summed E-state index contributed by atoms with van der Waals surface area (Å²) in [6.07, 6.45) is 1.37. The largest absolute Gasteiger partial charge is 0.478 e. The van der Waals surface area contributed by atoms with E-state index in [1.54, 1.807) is 6.07 Å². The van der Waals surface area contributed by atoms with E-state index in [9.17, 15) is 14.4 Å². The van der Waals surface area contributed by atoms with Crippen molar-refractivity contribution >= 4 is 17.7 Å². The van der Waals surface area contributed by atoms with E-state index in [1.807, 2.05) is 0 Å². The summed E-state index contributed by atoms with van der Waals surface area (Å²) in [5.41, 5.74) is 0.0144. The first-order chi connectivity index (χ1) is 9.41. The number of aromatic carboxylic acids is 2. The molecule has 0 atom stereocenters. The van der Waals surface area contributed by atoms with E-state index in [4.69, 9.17) is 10.2 Å². The zero-order valence-electron chi connectivity index (χ0n) is 10.5.